The van der Waals surface area contributed by atoms with Crippen LogP contribution < -0.4 is 10.1 Å². The number of aliphatic hydroxyl groups excluding tert-OH is 1. The summed E-state index contributed by atoms with van der Waals surface area (Å²) >= 11 is 6.16. The molecule has 0 aliphatic carbocycles. The van der Waals surface area contributed by atoms with E-state index in [-0.39, 0.29) is 38.1 Å². The van der Waals surface area contributed by atoms with E-state index in [1.807, 2.05) is 60.7 Å². The molecule has 7 heteroatoms. The van der Waals surface area contributed by atoms with E-state index in [1.54, 1.807) is 24.3 Å². The van der Waals surface area contributed by atoms with Crippen LogP contribution in [-0.4, -0.2) is 47.6 Å². The molecule has 0 unspecified atom stereocenters. The van der Waals surface area contributed by atoms with Crippen LogP contribution in [-0.2, 0) is 22.6 Å². The Kier molecular flexibility index (Phi) is 9.30. The van der Waals surface area contributed by atoms with Crippen molar-refractivity contribution in [3.63, 3.8) is 0 Å². The molecule has 0 aliphatic heterocycles. The summed E-state index contributed by atoms with van der Waals surface area (Å²) < 4.78 is 5.68. The third kappa shape index (κ3) is 7.34. The van der Waals surface area contributed by atoms with Crippen molar-refractivity contribution in [1.29, 1.82) is 0 Å². The third-order valence-corrected chi connectivity index (χ3v) is 5.38. The zero-order chi connectivity index (χ0) is 23.5. The Labute approximate surface area is 198 Å². The van der Waals surface area contributed by atoms with Gasteiger partial charge in [0.2, 0.25) is 5.91 Å². The molecule has 1 atom stereocenters. The number of carbonyl (C=O) groups is 2. The molecular weight excluding hydrogens is 440 g/mol. The van der Waals surface area contributed by atoms with E-state index in [1.165, 1.54) is 4.90 Å². The summed E-state index contributed by atoms with van der Waals surface area (Å²) in [7, 11) is 0. The lowest BCUT2D eigenvalue weighted by Gasteiger charge is -2.31. The first-order chi connectivity index (χ1) is 16.1. The zero-order valence-corrected chi connectivity index (χ0v) is 18.9. The average molecular weight is 467 g/mol. The fourth-order valence-corrected chi connectivity index (χ4v) is 3.61. The molecule has 0 aliphatic rings. The second-order valence-electron chi connectivity index (χ2n) is 7.45. The lowest BCUT2D eigenvalue weighted by molar-refractivity contribution is -0.142. The summed E-state index contributed by atoms with van der Waals surface area (Å²) in [5, 5.41) is 12.3. The molecule has 0 radical (unpaired) electrons. The van der Waals surface area contributed by atoms with E-state index in [2.05, 4.69) is 5.32 Å². The summed E-state index contributed by atoms with van der Waals surface area (Å²) in [6.45, 7) is -0.121. The van der Waals surface area contributed by atoms with E-state index >= 15 is 0 Å². The molecule has 0 aromatic heterocycles. The Balaban J connectivity index is 1.87. The first-order valence-electron chi connectivity index (χ1n) is 10.7. The number of hydrogen-bond acceptors (Lipinski definition) is 4. The molecule has 0 saturated heterocycles. The highest BCUT2D eigenvalue weighted by Crippen LogP contribution is 2.23. The molecule has 2 N–H and O–H groups in total. The van der Waals surface area contributed by atoms with Crippen molar-refractivity contribution in [1.82, 2.24) is 10.2 Å². The van der Waals surface area contributed by atoms with Gasteiger partial charge in [0.15, 0.2) is 6.61 Å². The van der Waals surface area contributed by atoms with Gasteiger partial charge < -0.3 is 20.1 Å². The number of nitrogens with zero attached hydrogens (tertiary/aromatic N) is 1. The van der Waals surface area contributed by atoms with E-state index in [4.69, 9.17) is 16.3 Å². The maximum Gasteiger partial charge on any atom is 0.261 e. The Hall–Kier alpha value is -3.35. The number of aliphatic hydroxyl groups is 1. The van der Waals surface area contributed by atoms with Gasteiger partial charge in [-0.05, 0) is 23.3 Å². The van der Waals surface area contributed by atoms with Gasteiger partial charge in [0, 0.05) is 19.5 Å². The Morgan fingerprint density at radius 2 is 1.52 bits per heavy atom. The third-order valence-electron chi connectivity index (χ3n) is 5.07. The number of benzene rings is 3. The molecular formula is C26H27ClN2O4. The summed E-state index contributed by atoms with van der Waals surface area (Å²) in [6, 6.07) is 25.1. The monoisotopic (exact) mass is 466 g/mol. The standard InChI is InChI=1S/C26H27ClN2O4/c27-22-13-7-8-14-24(22)33-19-25(31)29(18-21-11-5-2-6-12-21)23(26(32)28-15-16-30)17-20-9-3-1-4-10-20/h1-14,23,30H,15-19H2,(H,28,32)/t23-/m1/s1. The molecule has 3 aromatic rings. The van der Waals surface area contributed by atoms with Gasteiger partial charge >= 0.3 is 0 Å². The minimum Gasteiger partial charge on any atom is -0.482 e. The van der Waals surface area contributed by atoms with E-state index in [0.717, 1.165) is 11.1 Å². The lowest BCUT2D eigenvalue weighted by atomic mass is 10.0. The fraction of sp³-hybridized carbons (Fsp3) is 0.231. The van der Waals surface area contributed by atoms with Gasteiger partial charge in [-0.15, -0.1) is 0 Å². The molecule has 0 fully saturated rings. The lowest BCUT2D eigenvalue weighted by Crippen LogP contribution is -2.52. The molecule has 6 nitrogen and oxygen atoms in total. The molecule has 0 heterocycles. The number of carbonyl (C=O) groups excluding carboxylic acids is 2. The number of nitrogens with one attached hydrogen (secondary N) is 1. The van der Waals surface area contributed by atoms with Gasteiger partial charge in [-0.2, -0.15) is 0 Å². The zero-order valence-electron chi connectivity index (χ0n) is 18.2. The summed E-state index contributed by atoms with van der Waals surface area (Å²) in [4.78, 5) is 28.0. The number of amides is 2. The van der Waals surface area contributed by atoms with Crippen molar-refractivity contribution in [3.8, 4) is 5.75 Å². The van der Waals surface area contributed by atoms with Gasteiger partial charge in [-0.1, -0.05) is 84.4 Å². The normalized spacial score (nSPS) is 11.5. The topological polar surface area (TPSA) is 78.9 Å². The minimum absolute atomic E-state index is 0.105. The number of halogens is 1. The van der Waals surface area contributed by atoms with Crippen LogP contribution in [0.5, 0.6) is 5.75 Å². The first kappa shape index (κ1) is 24.3. The number of ether oxygens (including phenoxy) is 1. The number of para-hydroxylation sites is 1. The largest absolute Gasteiger partial charge is 0.482 e. The highest BCUT2D eigenvalue weighted by atomic mass is 35.5. The van der Waals surface area contributed by atoms with Crippen molar-refractivity contribution < 1.29 is 19.4 Å². The molecule has 0 bridgehead atoms. The van der Waals surface area contributed by atoms with Crippen molar-refractivity contribution >= 4 is 23.4 Å². The number of hydrogen-bond donors (Lipinski definition) is 2. The predicted octanol–water partition coefficient (Wildman–Crippen LogP) is 3.47. The van der Waals surface area contributed by atoms with Gasteiger partial charge in [0.05, 0.1) is 11.6 Å². The van der Waals surface area contributed by atoms with Crippen LogP contribution in [0.3, 0.4) is 0 Å². The van der Waals surface area contributed by atoms with Crippen LogP contribution in [0.2, 0.25) is 5.02 Å². The first-order valence-corrected chi connectivity index (χ1v) is 11.1. The highest BCUT2D eigenvalue weighted by Gasteiger charge is 2.30. The second kappa shape index (κ2) is 12.6. The molecule has 172 valence electrons. The van der Waals surface area contributed by atoms with Crippen LogP contribution in [0.15, 0.2) is 84.9 Å². The highest BCUT2D eigenvalue weighted by molar-refractivity contribution is 6.32. The van der Waals surface area contributed by atoms with Gasteiger partial charge in [0.1, 0.15) is 11.8 Å². The Bertz CT molecular complexity index is 1030. The molecule has 3 aromatic carbocycles. The van der Waals surface area contributed by atoms with Crippen molar-refractivity contribution in [2.45, 2.75) is 19.0 Å². The average Bonchev–Trinajstić information content (AvgIpc) is 2.85. The molecule has 0 spiro atoms. The smallest absolute Gasteiger partial charge is 0.261 e. The van der Waals surface area contributed by atoms with Crippen LogP contribution in [0.1, 0.15) is 11.1 Å². The van der Waals surface area contributed by atoms with Crippen molar-refractivity contribution in [2.24, 2.45) is 0 Å². The van der Waals surface area contributed by atoms with Crippen LogP contribution in [0.4, 0.5) is 0 Å². The molecule has 33 heavy (non-hydrogen) atoms. The summed E-state index contributed by atoms with van der Waals surface area (Å²) in [5.41, 5.74) is 1.80. The summed E-state index contributed by atoms with van der Waals surface area (Å²) in [5.74, 6) is -0.287. The molecule has 3 rings (SSSR count). The fourth-order valence-electron chi connectivity index (χ4n) is 3.42. The van der Waals surface area contributed by atoms with E-state index in [0.29, 0.717) is 17.2 Å². The number of rotatable bonds is 11. The van der Waals surface area contributed by atoms with Gasteiger partial charge in [0.25, 0.3) is 5.91 Å². The molecule has 0 saturated carbocycles. The second-order valence-corrected chi connectivity index (χ2v) is 7.85. The molecule has 2 amide bonds. The Morgan fingerprint density at radius 3 is 2.15 bits per heavy atom. The minimum atomic E-state index is -0.790. The predicted molar refractivity (Wildman–Crippen MR) is 128 cm³/mol. The maximum atomic E-state index is 13.4. The van der Waals surface area contributed by atoms with Crippen molar-refractivity contribution in [2.75, 3.05) is 19.8 Å². The van der Waals surface area contributed by atoms with E-state index in [9.17, 15) is 14.7 Å². The van der Waals surface area contributed by atoms with Crippen molar-refractivity contribution in [3.05, 3.63) is 101 Å². The van der Waals surface area contributed by atoms with Crippen LogP contribution in [0, 0.1) is 0 Å². The maximum absolute atomic E-state index is 13.4. The van der Waals surface area contributed by atoms with E-state index < -0.39 is 6.04 Å². The van der Waals surface area contributed by atoms with Crippen LogP contribution in [0.25, 0.3) is 0 Å². The van der Waals surface area contributed by atoms with Gasteiger partial charge in [-0.25, -0.2) is 0 Å². The van der Waals surface area contributed by atoms with Crippen LogP contribution >= 0.6 is 11.6 Å². The quantitative estimate of drug-likeness (QED) is 0.453. The SMILES string of the molecule is O=C(NCCO)[C@@H](Cc1ccccc1)N(Cc1ccccc1)C(=O)COc1ccccc1Cl. The summed E-state index contributed by atoms with van der Waals surface area (Å²) in [6.07, 6.45) is 0.322. The Morgan fingerprint density at radius 1 is 0.909 bits per heavy atom. The van der Waals surface area contributed by atoms with Gasteiger partial charge in [-0.3, -0.25) is 9.59 Å².